The summed E-state index contributed by atoms with van der Waals surface area (Å²) in [4.78, 5) is 0. The van der Waals surface area contributed by atoms with E-state index in [1.165, 1.54) is 0 Å². The maximum Gasteiger partial charge on any atom is 0.146 e. The average molecular weight is 162 g/mol. The van der Waals surface area contributed by atoms with Crippen molar-refractivity contribution in [3.8, 4) is 0 Å². The molecule has 0 aliphatic heterocycles. The van der Waals surface area contributed by atoms with Crippen LogP contribution in [0.2, 0.25) is 0 Å². The first kappa shape index (κ1) is 9.09. The Morgan fingerprint density at radius 1 is 1.56 bits per heavy atom. The van der Waals surface area contributed by atoms with E-state index in [1.807, 2.05) is 6.08 Å². The van der Waals surface area contributed by atoms with Crippen LogP contribution in [0.1, 0.15) is 6.42 Å². The molecule has 0 fully saturated rings. The van der Waals surface area contributed by atoms with Gasteiger partial charge in [-0.3, -0.25) is 0 Å². The van der Waals surface area contributed by atoms with Gasteiger partial charge in [-0.05, 0) is 6.42 Å². The summed E-state index contributed by atoms with van der Waals surface area (Å²) in [5, 5.41) is 0. The largest absolute Gasteiger partial charge is 0.425 e. The lowest BCUT2D eigenvalue weighted by Crippen LogP contribution is -2.16. The van der Waals surface area contributed by atoms with Crippen molar-refractivity contribution in [3.05, 3.63) is 12.7 Å². The van der Waals surface area contributed by atoms with Gasteiger partial charge in [-0.25, -0.2) is 0 Å². The highest BCUT2D eigenvalue weighted by Crippen LogP contribution is 1.95. The van der Waals surface area contributed by atoms with E-state index in [4.69, 9.17) is 8.85 Å². The van der Waals surface area contributed by atoms with E-state index in [-0.39, 0.29) is 6.10 Å². The van der Waals surface area contributed by atoms with Crippen molar-refractivity contribution in [1.82, 2.24) is 0 Å². The molecule has 0 aliphatic carbocycles. The predicted molar refractivity (Wildman–Crippen MR) is 45.5 cm³/mol. The van der Waals surface area contributed by atoms with E-state index < -0.39 is 0 Å². The van der Waals surface area contributed by atoms with Crippen LogP contribution < -0.4 is 0 Å². The van der Waals surface area contributed by atoms with E-state index >= 15 is 0 Å². The topological polar surface area (TPSA) is 18.5 Å². The highest BCUT2D eigenvalue weighted by Gasteiger charge is 2.00. The van der Waals surface area contributed by atoms with Crippen LogP contribution in [0.5, 0.6) is 0 Å². The third-order valence-electron chi connectivity index (χ3n) is 1.12. The summed E-state index contributed by atoms with van der Waals surface area (Å²) in [5.41, 5.74) is 0. The van der Waals surface area contributed by atoms with Crippen molar-refractivity contribution >= 4 is 21.0 Å². The molecule has 0 saturated carbocycles. The molecule has 1 atom stereocenters. The van der Waals surface area contributed by atoms with Crippen LogP contribution in [0.25, 0.3) is 0 Å². The summed E-state index contributed by atoms with van der Waals surface area (Å²) in [6, 6.07) is 0. The van der Waals surface area contributed by atoms with Crippen molar-refractivity contribution in [2.45, 2.75) is 12.5 Å². The van der Waals surface area contributed by atoms with Crippen molar-refractivity contribution in [3.63, 3.8) is 0 Å². The Balaban J connectivity index is 3.28. The van der Waals surface area contributed by atoms with Crippen molar-refractivity contribution in [2.75, 3.05) is 6.61 Å². The van der Waals surface area contributed by atoms with Crippen molar-refractivity contribution in [2.24, 2.45) is 0 Å². The fourth-order valence-corrected chi connectivity index (χ4v) is 1.30. The fourth-order valence-electron chi connectivity index (χ4n) is 0.604. The van der Waals surface area contributed by atoms with Gasteiger partial charge in [0.15, 0.2) is 0 Å². The minimum atomic E-state index is 0.270. The van der Waals surface area contributed by atoms with Gasteiger partial charge in [-0.2, -0.15) is 0 Å². The highest BCUT2D eigenvalue weighted by atomic mass is 28.2. The molecule has 4 heteroatoms. The summed E-state index contributed by atoms with van der Waals surface area (Å²) in [5.74, 6) is 0. The molecule has 0 bridgehead atoms. The zero-order valence-electron chi connectivity index (χ0n) is 6.09. The first-order valence-corrected chi connectivity index (χ1v) is 4.61. The molecule has 0 radical (unpaired) electrons. The Kier molecular flexibility index (Phi) is 6.28. The van der Waals surface area contributed by atoms with Crippen LogP contribution in [-0.2, 0) is 8.85 Å². The second-order valence-corrected chi connectivity index (χ2v) is 2.89. The minimum absolute atomic E-state index is 0.270. The zero-order valence-corrected chi connectivity index (χ0v) is 10.1. The van der Waals surface area contributed by atoms with Crippen molar-refractivity contribution in [1.29, 1.82) is 0 Å². The Labute approximate surface area is 62.3 Å². The molecule has 0 rings (SSSR count). The lowest BCUT2D eigenvalue weighted by molar-refractivity contribution is 0.148. The molecule has 0 aromatic heterocycles. The molecule has 0 saturated heterocycles. The molecule has 0 amide bonds. The second-order valence-electron chi connectivity index (χ2n) is 1.84. The predicted octanol–water partition coefficient (Wildman–Crippen LogP) is -1.47. The molecule has 0 N–H and O–H groups in total. The molecule has 0 heterocycles. The van der Waals surface area contributed by atoms with Gasteiger partial charge in [0.1, 0.15) is 21.0 Å². The number of hydrogen-bond acceptors (Lipinski definition) is 2. The molecule has 9 heavy (non-hydrogen) atoms. The molecular weight excluding hydrogens is 148 g/mol. The third kappa shape index (κ3) is 4.59. The van der Waals surface area contributed by atoms with E-state index in [0.717, 1.165) is 34.0 Å². The van der Waals surface area contributed by atoms with E-state index in [0.29, 0.717) is 0 Å². The third-order valence-corrected chi connectivity index (χ3v) is 2.12. The maximum atomic E-state index is 5.20. The van der Waals surface area contributed by atoms with Crippen LogP contribution in [0.4, 0.5) is 0 Å². The summed E-state index contributed by atoms with van der Waals surface area (Å²) in [7, 11) is 1.59. The van der Waals surface area contributed by atoms with Gasteiger partial charge in [-0.1, -0.05) is 6.08 Å². The van der Waals surface area contributed by atoms with E-state index in [9.17, 15) is 0 Å². The molecular formula is C5H14O2Si2. The van der Waals surface area contributed by atoms with Crippen LogP contribution in [0.3, 0.4) is 0 Å². The average Bonchev–Trinajstić information content (AvgIpc) is 1.88. The molecule has 0 spiro atoms. The monoisotopic (exact) mass is 162 g/mol. The number of hydrogen-bond donors (Lipinski definition) is 0. The molecule has 0 aromatic rings. The van der Waals surface area contributed by atoms with Crippen LogP contribution in [-0.4, -0.2) is 33.7 Å². The summed E-state index contributed by atoms with van der Waals surface area (Å²) in [6.45, 7) is 4.36. The lowest BCUT2D eigenvalue weighted by Gasteiger charge is -2.11. The molecule has 0 aliphatic rings. The summed E-state index contributed by atoms with van der Waals surface area (Å²) >= 11 is 0. The summed E-state index contributed by atoms with van der Waals surface area (Å²) < 4.78 is 10.2. The van der Waals surface area contributed by atoms with Gasteiger partial charge in [0, 0.05) is 0 Å². The van der Waals surface area contributed by atoms with E-state index in [1.54, 1.807) is 0 Å². The first-order chi connectivity index (χ1) is 4.35. The van der Waals surface area contributed by atoms with Gasteiger partial charge < -0.3 is 8.85 Å². The number of rotatable bonds is 5. The van der Waals surface area contributed by atoms with Gasteiger partial charge in [0.05, 0.1) is 12.7 Å². The van der Waals surface area contributed by atoms with Gasteiger partial charge in [-0.15, -0.1) is 6.58 Å². The maximum absolute atomic E-state index is 5.20. The molecule has 54 valence electrons. The van der Waals surface area contributed by atoms with Gasteiger partial charge >= 0.3 is 0 Å². The standard InChI is InChI=1S/C5H14O2Si2/c1-2-3-5(7-9)4-6-8/h2,5H,1,3-4H2,8-9H3. The second kappa shape index (κ2) is 6.22. The fraction of sp³-hybridized carbons (Fsp3) is 0.600. The van der Waals surface area contributed by atoms with Crippen LogP contribution in [0.15, 0.2) is 12.7 Å². The van der Waals surface area contributed by atoms with E-state index in [2.05, 4.69) is 6.58 Å². The quantitative estimate of drug-likeness (QED) is 0.363. The molecule has 0 aromatic carbocycles. The SMILES string of the molecule is C=CCC(CO[SiH3])O[SiH3]. The normalized spacial score (nSPS) is 13.8. The van der Waals surface area contributed by atoms with Crippen LogP contribution in [0, 0.1) is 0 Å². The lowest BCUT2D eigenvalue weighted by atomic mass is 10.3. The minimum Gasteiger partial charge on any atom is -0.425 e. The zero-order chi connectivity index (χ0) is 7.11. The Bertz CT molecular complexity index is 77.4. The Morgan fingerprint density at radius 2 is 2.22 bits per heavy atom. The van der Waals surface area contributed by atoms with Crippen molar-refractivity contribution < 1.29 is 8.85 Å². The highest BCUT2D eigenvalue weighted by molar-refractivity contribution is 5.98. The van der Waals surface area contributed by atoms with Crippen LogP contribution >= 0.6 is 0 Å². The summed E-state index contributed by atoms with van der Waals surface area (Å²) in [6.07, 6.45) is 3.04. The van der Waals surface area contributed by atoms with Gasteiger partial charge in [0.25, 0.3) is 0 Å². The molecule has 2 nitrogen and oxygen atoms in total. The molecule has 1 unspecified atom stereocenters. The first-order valence-electron chi connectivity index (χ1n) is 2.97. The van der Waals surface area contributed by atoms with Gasteiger partial charge in [0.2, 0.25) is 0 Å². The Morgan fingerprint density at radius 3 is 2.56 bits per heavy atom. The Hall–Kier alpha value is 0.0938. The smallest absolute Gasteiger partial charge is 0.146 e.